The van der Waals surface area contributed by atoms with E-state index in [9.17, 15) is 9.90 Å². The Morgan fingerprint density at radius 3 is 2.61 bits per heavy atom. The number of H-pyrrole nitrogens is 2. The van der Waals surface area contributed by atoms with Gasteiger partial charge in [-0.05, 0) is 30.0 Å². The summed E-state index contributed by atoms with van der Waals surface area (Å²) in [5.74, 6) is 0.646. The fraction of sp³-hybridized carbons (Fsp3) is 0.462. The molecule has 4 nitrogen and oxygen atoms in total. The third kappa shape index (κ3) is 2.12. The van der Waals surface area contributed by atoms with E-state index < -0.39 is 6.10 Å². The van der Waals surface area contributed by atoms with Gasteiger partial charge in [0.15, 0.2) is 0 Å². The van der Waals surface area contributed by atoms with Crippen molar-refractivity contribution in [2.45, 2.75) is 31.8 Å². The first-order valence-corrected chi connectivity index (χ1v) is 7.02. The number of fused-ring (bicyclic) bond motifs is 1. The van der Waals surface area contributed by atoms with Crippen LogP contribution in [-0.2, 0) is 0 Å². The van der Waals surface area contributed by atoms with Gasteiger partial charge in [-0.2, -0.15) is 0 Å². The fourth-order valence-corrected chi connectivity index (χ4v) is 3.11. The summed E-state index contributed by atoms with van der Waals surface area (Å²) in [5.41, 5.74) is 2.13. The van der Waals surface area contributed by atoms with Crippen molar-refractivity contribution in [3.63, 3.8) is 0 Å². The van der Waals surface area contributed by atoms with Crippen LogP contribution in [0.15, 0.2) is 21.4 Å². The molecule has 5 heteroatoms. The molecule has 0 saturated heterocycles. The summed E-state index contributed by atoms with van der Waals surface area (Å²) < 4.78 is 0.845. The predicted molar refractivity (Wildman–Crippen MR) is 73.5 cm³/mol. The van der Waals surface area contributed by atoms with Gasteiger partial charge in [0.1, 0.15) is 0 Å². The number of rotatable bonds is 3. The zero-order valence-corrected chi connectivity index (χ0v) is 11.5. The van der Waals surface area contributed by atoms with Crippen molar-refractivity contribution < 1.29 is 5.11 Å². The molecule has 0 aliphatic heterocycles. The summed E-state index contributed by atoms with van der Waals surface area (Å²) >= 11 is 3.46. The first-order chi connectivity index (χ1) is 8.63. The molecule has 0 radical (unpaired) electrons. The Hall–Kier alpha value is -1.07. The van der Waals surface area contributed by atoms with Crippen molar-refractivity contribution >= 4 is 27.0 Å². The van der Waals surface area contributed by atoms with Crippen LogP contribution in [0.4, 0.5) is 0 Å². The van der Waals surface area contributed by atoms with Crippen LogP contribution in [0.1, 0.15) is 37.4 Å². The van der Waals surface area contributed by atoms with E-state index in [0.717, 1.165) is 27.5 Å². The van der Waals surface area contributed by atoms with E-state index in [1.165, 1.54) is 19.3 Å². The van der Waals surface area contributed by atoms with E-state index >= 15 is 0 Å². The highest BCUT2D eigenvalue weighted by Gasteiger charge is 2.23. The first kappa shape index (κ1) is 12.0. The van der Waals surface area contributed by atoms with Gasteiger partial charge in [0, 0.05) is 4.47 Å². The second kappa shape index (κ2) is 4.55. The van der Waals surface area contributed by atoms with Gasteiger partial charge in [-0.3, -0.25) is 0 Å². The van der Waals surface area contributed by atoms with E-state index in [2.05, 4.69) is 25.9 Å². The minimum absolute atomic E-state index is 0.220. The largest absolute Gasteiger partial charge is 0.388 e. The number of hydrogen-bond donors (Lipinski definition) is 3. The highest BCUT2D eigenvalue weighted by molar-refractivity contribution is 9.10. The third-order valence-corrected chi connectivity index (χ3v) is 4.46. The monoisotopic (exact) mass is 310 g/mol. The number of aliphatic hydroxyl groups excluding tert-OH is 1. The molecule has 1 atom stereocenters. The Kier molecular flexibility index (Phi) is 3.03. The maximum Gasteiger partial charge on any atom is 0.323 e. The zero-order valence-electron chi connectivity index (χ0n) is 9.87. The molecule has 0 amide bonds. The van der Waals surface area contributed by atoms with Crippen LogP contribution < -0.4 is 5.69 Å². The van der Waals surface area contributed by atoms with E-state index in [1.54, 1.807) is 0 Å². The third-order valence-electron chi connectivity index (χ3n) is 3.77. The van der Waals surface area contributed by atoms with Crippen molar-refractivity contribution in [3.05, 3.63) is 32.7 Å². The molecule has 1 fully saturated rings. The molecule has 1 aromatic heterocycles. The van der Waals surface area contributed by atoms with Crippen molar-refractivity contribution in [3.8, 4) is 0 Å². The Labute approximate surface area is 113 Å². The van der Waals surface area contributed by atoms with Crippen molar-refractivity contribution in [1.29, 1.82) is 0 Å². The Morgan fingerprint density at radius 1 is 1.33 bits per heavy atom. The van der Waals surface area contributed by atoms with Crippen LogP contribution in [0, 0.1) is 5.92 Å². The summed E-state index contributed by atoms with van der Waals surface area (Å²) in [6.45, 7) is 0. The lowest BCUT2D eigenvalue weighted by atomic mass is 9.80. The molecule has 1 aliphatic carbocycles. The van der Waals surface area contributed by atoms with Gasteiger partial charge >= 0.3 is 5.69 Å². The predicted octanol–water partition coefficient (Wildman–Crippen LogP) is 2.84. The number of aromatic amines is 2. The van der Waals surface area contributed by atoms with Gasteiger partial charge in [0.05, 0.1) is 17.1 Å². The zero-order chi connectivity index (χ0) is 12.7. The standard InChI is InChI=1S/C13H15BrN2O2/c14-9-6-11-10(15-13(18)16-11)5-8(9)12(17)4-7-2-1-3-7/h5-7,12,17H,1-4H2,(H2,15,16,18). The highest BCUT2D eigenvalue weighted by Crippen LogP contribution is 2.37. The number of aromatic nitrogens is 2. The van der Waals surface area contributed by atoms with Crippen LogP contribution in [0.3, 0.4) is 0 Å². The number of nitrogens with one attached hydrogen (secondary N) is 2. The van der Waals surface area contributed by atoms with Crippen LogP contribution in [0.2, 0.25) is 0 Å². The Balaban J connectivity index is 1.93. The SMILES string of the molecule is O=c1[nH]c2cc(Br)c(C(O)CC3CCC3)cc2[nH]1. The lowest BCUT2D eigenvalue weighted by Gasteiger charge is -2.28. The number of benzene rings is 1. The molecular weight excluding hydrogens is 296 g/mol. The molecule has 3 N–H and O–H groups in total. The number of halogens is 1. The van der Waals surface area contributed by atoms with Gasteiger partial charge in [0.2, 0.25) is 0 Å². The van der Waals surface area contributed by atoms with Crippen molar-refractivity contribution in [2.24, 2.45) is 5.92 Å². The molecule has 1 unspecified atom stereocenters. The first-order valence-electron chi connectivity index (χ1n) is 6.23. The molecule has 1 saturated carbocycles. The van der Waals surface area contributed by atoms with Crippen LogP contribution in [0.25, 0.3) is 11.0 Å². The molecule has 1 aliphatic rings. The molecule has 1 heterocycles. The summed E-state index contributed by atoms with van der Waals surface area (Å²) in [5, 5.41) is 10.3. The number of imidazole rings is 1. The molecule has 96 valence electrons. The number of hydrogen-bond acceptors (Lipinski definition) is 2. The van der Waals surface area contributed by atoms with Gasteiger partial charge < -0.3 is 15.1 Å². The fourth-order valence-electron chi connectivity index (χ4n) is 2.50. The lowest BCUT2D eigenvalue weighted by molar-refractivity contribution is 0.118. The van der Waals surface area contributed by atoms with Gasteiger partial charge in [0.25, 0.3) is 0 Å². The summed E-state index contributed by atoms with van der Waals surface area (Å²) in [7, 11) is 0. The molecule has 0 bridgehead atoms. The highest BCUT2D eigenvalue weighted by atomic mass is 79.9. The quantitative estimate of drug-likeness (QED) is 0.816. The van der Waals surface area contributed by atoms with E-state index in [0.29, 0.717) is 5.92 Å². The minimum atomic E-state index is -0.465. The normalized spacial score (nSPS) is 17.9. The maximum atomic E-state index is 11.2. The Morgan fingerprint density at radius 2 is 2.00 bits per heavy atom. The van der Waals surface area contributed by atoms with E-state index in [4.69, 9.17) is 0 Å². The summed E-state index contributed by atoms with van der Waals surface area (Å²) in [6.07, 6.45) is 4.06. The molecule has 18 heavy (non-hydrogen) atoms. The smallest absolute Gasteiger partial charge is 0.323 e. The van der Waals surface area contributed by atoms with E-state index in [1.807, 2.05) is 12.1 Å². The summed E-state index contributed by atoms with van der Waals surface area (Å²) in [6, 6.07) is 3.69. The molecule has 3 rings (SSSR count). The van der Waals surface area contributed by atoms with E-state index in [-0.39, 0.29) is 5.69 Å². The maximum absolute atomic E-state index is 11.2. The minimum Gasteiger partial charge on any atom is -0.388 e. The van der Waals surface area contributed by atoms with Crippen molar-refractivity contribution in [1.82, 2.24) is 9.97 Å². The topological polar surface area (TPSA) is 68.9 Å². The van der Waals surface area contributed by atoms with Crippen molar-refractivity contribution in [2.75, 3.05) is 0 Å². The Bertz CT molecular complexity index is 627. The van der Waals surface area contributed by atoms with Crippen LogP contribution in [-0.4, -0.2) is 15.1 Å². The van der Waals surface area contributed by atoms with Crippen LogP contribution >= 0.6 is 15.9 Å². The van der Waals surface area contributed by atoms with Gasteiger partial charge in [-0.1, -0.05) is 35.2 Å². The molecule has 2 aromatic rings. The second-order valence-electron chi connectivity index (χ2n) is 5.05. The average molecular weight is 311 g/mol. The van der Waals surface area contributed by atoms with Crippen LogP contribution in [0.5, 0.6) is 0 Å². The lowest BCUT2D eigenvalue weighted by Crippen LogP contribution is -2.15. The molecule has 0 spiro atoms. The molecular formula is C13H15BrN2O2. The second-order valence-corrected chi connectivity index (χ2v) is 5.90. The van der Waals surface area contributed by atoms with Gasteiger partial charge in [-0.25, -0.2) is 4.79 Å². The summed E-state index contributed by atoms with van der Waals surface area (Å²) in [4.78, 5) is 16.7. The number of aliphatic hydroxyl groups is 1. The molecule has 1 aromatic carbocycles. The average Bonchev–Trinajstić information content (AvgIpc) is 2.61. The van der Waals surface area contributed by atoms with Gasteiger partial charge in [-0.15, -0.1) is 0 Å².